The van der Waals surface area contributed by atoms with Gasteiger partial charge in [0.05, 0.1) is 0 Å². The fourth-order valence-electron chi connectivity index (χ4n) is 4.56. The number of hydrogen-bond donors (Lipinski definition) is 0. The van der Waals surface area contributed by atoms with Crippen LogP contribution < -0.4 is 0 Å². The first kappa shape index (κ1) is 17.5. The Labute approximate surface area is 145 Å². The van der Waals surface area contributed by atoms with Crippen LogP contribution in [-0.2, 0) is 0 Å². The highest BCUT2D eigenvalue weighted by Gasteiger charge is 2.29. The van der Waals surface area contributed by atoms with Gasteiger partial charge in [-0.25, -0.2) is 8.78 Å². The van der Waals surface area contributed by atoms with Crippen LogP contribution in [0.5, 0.6) is 0 Å². The molecule has 2 saturated carbocycles. The molecule has 24 heavy (non-hydrogen) atoms. The Kier molecular flexibility index (Phi) is 5.93. The minimum Gasteiger partial charge on any atom is -0.204 e. The van der Waals surface area contributed by atoms with Crippen molar-refractivity contribution in [1.29, 1.82) is 0 Å². The Bertz CT molecular complexity index is 594. The van der Waals surface area contributed by atoms with E-state index in [2.05, 4.69) is 18.8 Å². The largest absolute Gasteiger partial charge is 0.204 e. The molecule has 2 fully saturated rings. The number of hydrogen-bond acceptors (Lipinski definition) is 0. The van der Waals surface area contributed by atoms with Crippen molar-refractivity contribution >= 4 is 0 Å². The van der Waals surface area contributed by atoms with Crippen molar-refractivity contribution in [3.8, 4) is 11.8 Å². The van der Waals surface area contributed by atoms with Gasteiger partial charge in [0.25, 0.3) is 0 Å². The van der Waals surface area contributed by atoms with Crippen molar-refractivity contribution in [3.63, 3.8) is 0 Å². The van der Waals surface area contributed by atoms with Gasteiger partial charge in [0.1, 0.15) is 0 Å². The predicted molar refractivity (Wildman–Crippen MR) is 94.4 cm³/mol. The van der Waals surface area contributed by atoms with Gasteiger partial charge in [-0.05, 0) is 74.5 Å². The van der Waals surface area contributed by atoms with E-state index in [0.29, 0.717) is 11.5 Å². The van der Waals surface area contributed by atoms with Crippen molar-refractivity contribution < 1.29 is 8.78 Å². The van der Waals surface area contributed by atoms with Gasteiger partial charge in [0, 0.05) is 11.5 Å². The highest BCUT2D eigenvalue weighted by Crippen LogP contribution is 2.41. The maximum absolute atomic E-state index is 13.2. The zero-order valence-corrected chi connectivity index (χ0v) is 14.7. The maximum Gasteiger partial charge on any atom is 0.160 e. The molecule has 0 unspecified atom stereocenters. The first-order chi connectivity index (χ1) is 11.7. The summed E-state index contributed by atoms with van der Waals surface area (Å²) in [6.45, 7) is 2.32. The molecule has 0 atom stereocenters. The molecule has 1 aromatic rings. The second-order valence-corrected chi connectivity index (χ2v) is 7.70. The normalized spacial score (nSPS) is 30.5. The maximum atomic E-state index is 13.2. The minimum absolute atomic E-state index is 0.418. The van der Waals surface area contributed by atoms with E-state index in [-0.39, 0.29) is 0 Å². The standard InChI is InChI=1S/C22H28F2/c1-2-16-5-10-19(11-6-16)20-12-7-17(8-13-20)3-4-18-9-14-21(23)22(24)15-18/h9,14-17,19-20H,2,5-8,10-13H2,1H3. The van der Waals surface area contributed by atoms with Crippen molar-refractivity contribution in [2.45, 2.75) is 64.7 Å². The van der Waals surface area contributed by atoms with Gasteiger partial charge in [0.15, 0.2) is 11.6 Å². The molecule has 0 nitrogen and oxygen atoms in total. The molecule has 2 aliphatic rings. The average molecular weight is 330 g/mol. The molecular weight excluding hydrogens is 302 g/mol. The van der Waals surface area contributed by atoms with E-state index in [9.17, 15) is 8.78 Å². The molecule has 0 N–H and O–H groups in total. The van der Waals surface area contributed by atoms with Gasteiger partial charge < -0.3 is 0 Å². The molecule has 0 bridgehead atoms. The zero-order chi connectivity index (χ0) is 16.9. The SMILES string of the molecule is CCC1CCC(C2CCC(C#Cc3ccc(F)c(F)c3)CC2)CC1. The van der Waals surface area contributed by atoms with Crippen LogP contribution in [0.1, 0.15) is 70.3 Å². The monoisotopic (exact) mass is 330 g/mol. The smallest absolute Gasteiger partial charge is 0.160 e. The summed E-state index contributed by atoms with van der Waals surface area (Å²) in [4.78, 5) is 0. The quantitative estimate of drug-likeness (QED) is 0.555. The van der Waals surface area contributed by atoms with Gasteiger partial charge in [-0.1, -0.05) is 38.0 Å². The summed E-state index contributed by atoms with van der Waals surface area (Å²) in [6.07, 6.45) is 12.0. The van der Waals surface area contributed by atoms with Crippen LogP contribution in [0.4, 0.5) is 8.78 Å². The Balaban J connectivity index is 1.49. The molecule has 3 rings (SSSR count). The van der Waals surface area contributed by atoms with E-state index in [1.54, 1.807) is 6.07 Å². The van der Waals surface area contributed by atoms with E-state index < -0.39 is 11.6 Å². The van der Waals surface area contributed by atoms with E-state index >= 15 is 0 Å². The zero-order valence-electron chi connectivity index (χ0n) is 14.7. The minimum atomic E-state index is -0.812. The molecule has 0 saturated heterocycles. The third kappa shape index (κ3) is 4.38. The van der Waals surface area contributed by atoms with Gasteiger partial charge >= 0.3 is 0 Å². The fourth-order valence-corrected chi connectivity index (χ4v) is 4.56. The van der Waals surface area contributed by atoms with Crippen LogP contribution >= 0.6 is 0 Å². The first-order valence-electron chi connectivity index (χ1n) is 9.62. The fraction of sp³-hybridized carbons (Fsp3) is 0.636. The molecule has 0 aromatic heterocycles. The summed E-state index contributed by atoms with van der Waals surface area (Å²) in [5, 5.41) is 0. The van der Waals surface area contributed by atoms with Crippen LogP contribution in [0.15, 0.2) is 18.2 Å². The highest BCUT2D eigenvalue weighted by atomic mass is 19.2. The van der Waals surface area contributed by atoms with Crippen LogP contribution in [0.25, 0.3) is 0 Å². The van der Waals surface area contributed by atoms with Crippen molar-refractivity contribution in [2.75, 3.05) is 0 Å². The third-order valence-corrected chi connectivity index (χ3v) is 6.25. The molecular formula is C22H28F2. The summed E-state index contributed by atoms with van der Waals surface area (Å²) < 4.78 is 26.1. The second kappa shape index (κ2) is 8.15. The summed E-state index contributed by atoms with van der Waals surface area (Å²) in [5.74, 6) is 7.92. The van der Waals surface area contributed by atoms with E-state index in [1.165, 1.54) is 51.0 Å². The van der Waals surface area contributed by atoms with Crippen molar-refractivity contribution in [2.24, 2.45) is 23.7 Å². The predicted octanol–water partition coefficient (Wildman–Crippen LogP) is 6.34. The Morgan fingerprint density at radius 2 is 1.50 bits per heavy atom. The van der Waals surface area contributed by atoms with Crippen molar-refractivity contribution in [1.82, 2.24) is 0 Å². The molecule has 0 amide bonds. The topological polar surface area (TPSA) is 0 Å². The average Bonchev–Trinajstić information content (AvgIpc) is 2.63. The molecule has 0 radical (unpaired) electrons. The van der Waals surface area contributed by atoms with Crippen LogP contribution in [-0.4, -0.2) is 0 Å². The van der Waals surface area contributed by atoms with E-state index in [1.807, 2.05) is 0 Å². The lowest BCUT2D eigenvalue weighted by Gasteiger charge is -2.36. The second-order valence-electron chi connectivity index (χ2n) is 7.70. The highest BCUT2D eigenvalue weighted by molar-refractivity contribution is 5.35. The lowest BCUT2D eigenvalue weighted by molar-refractivity contribution is 0.156. The summed E-state index contributed by atoms with van der Waals surface area (Å²) in [7, 11) is 0. The van der Waals surface area contributed by atoms with Crippen LogP contribution in [0.2, 0.25) is 0 Å². The van der Waals surface area contributed by atoms with Gasteiger partial charge in [-0.2, -0.15) is 0 Å². The molecule has 2 aliphatic carbocycles. The third-order valence-electron chi connectivity index (χ3n) is 6.25. The summed E-state index contributed by atoms with van der Waals surface area (Å²) in [5.41, 5.74) is 0.578. The molecule has 1 aromatic carbocycles. The lowest BCUT2D eigenvalue weighted by atomic mass is 9.69. The molecule has 0 heterocycles. The molecule has 2 heteroatoms. The molecule has 0 spiro atoms. The number of benzene rings is 1. The Morgan fingerprint density at radius 1 is 0.875 bits per heavy atom. The first-order valence-corrected chi connectivity index (χ1v) is 9.62. The van der Waals surface area contributed by atoms with Gasteiger partial charge in [-0.15, -0.1) is 0 Å². The van der Waals surface area contributed by atoms with E-state index in [0.717, 1.165) is 36.7 Å². The van der Waals surface area contributed by atoms with Gasteiger partial charge in [0.2, 0.25) is 0 Å². The summed E-state index contributed by atoms with van der Waals surface area (Å²) in [6, 6.07) is 3.91. The lowest BCUT2D eigenvalue weighted by Crippen LogP contribution is -2.25. The summed E-state index contributed by atoms with van der Waals surface area (Å²) >= 11 is 0. The van der Waals surface area contributed by atoms with E-state index in [4.69, 9.17) is 0 Å². The Hall–Kier alpha value is -1.36. The van der Waals surface area contributed by atoms with Gasteiger partial charge in [-0.3, -0.25) is 0 Å². The van der Waals surface area contributed by atoms with Crippen LogP contribution in [0.3, 0.4) is 0 Å². The van der Waals surface area contributed by atoms with Crippen LogP contribution in [0, 0.1) is 47.1 Å². The Morgan fingerprint density at radius 3 is 2.08 bits per heavy atom. The molecule has 130 valence electrons. The number of halogens is 2. The number of rotatable bonds is 2. The van der Waals surface area contributed by atoms with Crippen molar-refractivity contribution in [3.05, 3.63) is 35.4 Å². The molecule has 0 aliphatic heterocycles.